The number of carbonyl (C=O) groups excluding carboxylic acids is 7. The summed E-state index contributed by atoms with van der Waals surface area (Å²) in [6.45, 7) is 3.39. The highest BCUT2D eigenvalue weighted by molar-refractivity contribution is 6.29. The first-order chi connectivity index (χ1) is 65.3. The van der Waals surface area contributed by atoms with E-state index in [2.05, 4.69) is 62.3 Å². The van der Waals surface area contributed by atoms with Crippen molar-refractivity contribution in [3.05, 3.63) is 231 Å². The molecule has 8 heterocycles. The molecule has 3 aromatic heterocycles. The van der Waals surface area contributed by atoms with Crippen LogP contribution in [0.15, 0.2) is 154 Å². The van der Waals surface area contributed by atoms with Gasteiger partial charge in [0, 0.05) is 142 Å². The second-order valence-electron chi connectivity index (χ2n) is 39.9. The molecular weight excluding hydrogens is 1820 g/mol. The molecule has 710 valence electrons. The Labute approximate surface area is 782 Å². The Kier molecular flexibility index (Phi) is 23.4. The summed E-state index contributed by atoms with van der Waals surface area (Å²) >= 11 is 5.83. The molecule has 20 aliphatic rings. The number of nitrogens with zero attached hydrogens (tertiary/aromatic N) is 18. The van der Waals surface area contributed by atoms with Crippen LogP contribution >= 0.6 is 11.6 Å². The fraction of sp³-hybridized carbons (Fsp3) is 0.433. The van der Waals surface area contributed by atoms with Crippen LogP contribution in [-0.2, 0) is 28.8 Å². The number of benzene rings is 5. The summed E-state index contributed by atoms with van der Waals surface area (Å²) in [5.41, 5.74) is 5.04. The van der Waals surface area contributed by atoms with Gasteiger partial charge in [-0.05, 0) is 190 Å². The molecule has 15 saturated carbocycles. The Morgan fingerprint density at radius 3 is 0.883 bits per heavy atom. The van der Waals surface area contributed by atoms with Crippen molar-refractivity contribution in [3.8, 4) is 23.7 Å². The van der Waals surface area contributed by atoms with Crippen molar-refractivity contribution in [3.63, 3.8) is 0 Å². The van der Waals surface area contributed by atoms with E-state index in [9.17, 15) is 77.5 Å². The van der Waals surface area contributed by atoms with Gasteiger partial charge >= 0.3 is 0 Å². The van der Waals surface area contributed by atoms with Crippen LogP contribution in [0.5, 0.6) is 17.6 Å². The maximum Gasteiger partial charge on any atom is 0.267 e. The third kappa shape index (κ3) is 17.0. The average Bonchev–Trinajstić information content (AvgIpc) is 1.39. The number of ether oxygens (including phenoxy) is 3. The lowest BCUT2D eigenvalue weighted by molar-refractivity contribution is -0.227. The largest absolute Gasteiger partial charge is 0.477 e. The first kappa shape index (κ1) is 92.5. The molecule has 5 aliphatic heterocycles. The van der Waals surface area contributed by atoms with Gasteiger partial charge in [0.1, 0.15) is 99.8 Å². The van der Waals surface area contributed by atoms with Gasteiger partial charge in [-0.25, -0.2) is 98.9 Å². The summed E-state index contributed by atoms with van der Waals surface area (Å²) in [4.78, 5) is 114. The molecule has 137 heavy (non-hydrogen) atoms. The van der Waals surface area contributed by atoms with Crippen LogP contribution in [-0.4, -0.2) is 166 Å². The quantitative estimate of drug-likeness (QED) is 0.0486. The molecule has 5 unspecified atom stereocenters. The molecule has 8 aromatic rings. The Morgan fingerprint density at radius 2 is 0.620 bits per heavy atom. The molecule has 0 radical (unpaired) electrons. The monoisotopic (exact) mass is 1910 g/mol. The number of amides is 7. The van der Waals surface area contributed by atoms with E-state index in [1.165, 1.54) is 117 Å². The number of hydrogen-bond donors (Lipinski definition) is 1. The summed E-state index contributed by atoms with van der Waals surface area (Å²) in [6.07, 6.45) is 25.7. The van der Waals surface area contributed by atoms with Gasteiger partial charge < -0.3 is 24.8 Å². The van der Waals surface area contributed by atoms with Gasteiger partial charge in [0.15, 0.2) is 0 Å². The number of nitriles is 1. The smallest absolute Gasteiger partial charge is 0.267 e. The average molecular weight is 1910 g/mol. The number of hydrazone groups is 5. The molecule has 28 rings (SSSR count). The zero-order valence-electron chi connectivity index (χ0n) is 74.2. The SMILES string of the molecule is CCC12CC(C(=O)N3N=CCC3c3cc(F)cc(F)c3)(C1)C2.CN(C)C(=O)C12CC(C(=O)N3N=CCC3c3cc(F)cc(F)c3)(C1)C2.N#Cc1cc(OCC23CC(C(=O)N4N=CCC4c4cc(F)cc(F)c4)(C2)C3)ncn1.NC(=O)c1cc(OCC23CC(C(=O)N4N=CCC4c4cc(F)cc(F)c4)(C2)C3)ncn1.O=C(N1N=CCC1c1cc(F)cc(F)c1)C12CC(COc3cc(Cl)ncn3)(C1)C2. The lowest BCUT2D eigenvalue weighted by Crippen LogP contribution is -2.72. The minimum Gasteiger partial charge on any atom is -0.477 e. The second-order valence-corrected chi connectivity index (χ2v) is 40.3. The Balaban J connectivity index is 0.000000110. The Bertz CT molecular complexity index is 6320. The molecule has 15 aliphatic carbocycles. The zero-order valence-corrected chi connectivity index (χ0v) is 75.0. The minimum absolute atomic E-state index is 0.0197. The molecule has 15 fully saturated rings. The number of carbonyl (C=O) groups is 7. The van der Waals surface area contributed by atoms with E-state index < -0.39 is 115 Å². The number of nitrogens with two attached hydrogens (primary N) is 1. The molecule has 0 spiro atoms. The summed E-state index contributed by atoms with van der Waals surface area (Å²) < 4.78 is 153. The number of primary amides is 1. The zero-order chi connectivity index (χ0) is 96.5. The van der Waals surface area contributed by atoms with Crippen LogP contribution in [0, 0.1) is 124 Å². The predicted octanol–water partition coefficient (Wildman–Crippen LogP) is 15.7. The van der Waals surface area contributed by atoms with E-state index in [0.29, 0.717) is 179 Å². The molecule has 40 heteroatoms. The molecule has 0 saturated heterocycles. The Hall–Kier alpha value is -13.5. The van der Waals surface area contributed by atoms with Crippen LogP contribution in [0.2, 0.25) is 5.15 Å². The van der Waals surface area contributed by atoms with Crippen molar-refractivity contribution in [1.29, 1.82) is 5.26 Å². The summed E-state index contributed by atoms with van der Waals surface area (Å²) in [6, 6.07) is 20.6. The fourth-order valence-electron chi connectivity index (χ4n) is 24.0. The normalized spacial score (nSPS) is 30.3. The van der Waals surface area contributed by atoms with Gasteiger partial charge in [-0.15, -0.1) is 0 Å². The maximum absolute atomic E-state index is 13.6. The number of halogens is 11. The van der Waals surface area contributed by atoms with Gasteiger partial charge in [0.05, 0.1) is 82.5 Å². The summed E-state index contributed by atoms with van der Waals surface area (Å²) in [7, 11) is 3.44. The van der Waals surface area contributed by atoms with Crippen molar-refractivity contribution in [1.82, 2.24) is 59.8 Å². The molecule has 5 aromatic carbocycles. The highest BCUT2D eigenvalue weighted by atomic mass is 35.5. The third-order valence-corrected chi connectivity index (χ3v) is 30.1. The van der Waals surface area contributed by atoms with Gasteiger partial charge in [-0.3, -0.25) is 33.6 Å². The number of hydrogen-bond acceptors (Lipinski definition) is 22. The highest BCUT2D eigenvalue weighted by Gasteiger charge is 2.78. The molecule has 2 N–H and O–H groups in total. The van der Waals surface area contributed by atoms with Crippen molar-refractivity contribution < 1.29 is 91.7 Å². The van der Waals surface area contributed by atoms with Crippen molar-refractivity contribution in [2.24, 2.45) is 85.4 Å². The van der Waals surface area contributed by atoms with E-state index >= 15 is 0 Å². The number of rotatable bonds is 22. The van der Waals surface area contributed by atoms with E-state index in [0.717, 1.165) is 56.0 Å². The molecular formula is C97H90ClF10N19O10. The van der Waals surface area contributed by atoms with Gasteiger partial charge in [0.2, 0.25) is 53.1 Å². The van der Waals surface area contributed by atoms with Crippen LogP contribution < -0.4 is 19.9 Å². The number of aromatic nitrogens is 6. The topological polar surface area (TPSA) is 356 Å². The Morgan fingerprint density at radius 1 is 0.365 bits per heavy atom. The lowest BCUT2D eigenvalue weighted by atomic mass is 9.34. The van der Waals surface area contributed by atoms with Gasteiger partial charge in [-0.2, -0.15) is 30.8 Å². The van der Waals surface area contributed by atoms with Crippen LogP contribution in [0.1, 0.15) is 216 Å². The fourth-order valence-corrected chi connectivity index (χ4v) is 24.2. The van der Waals surface area contributed by atoms with Crippen LogP contribution in [0.3, 0.4) is 0 Å². The van der Waals surface area contributed by atoms with Gasteiger partial charge in [0.25, 0.3) is 5.91 Å². The lowest BCUT2D eigenvalue weighted by Gasteiger charge is -2.70. The standard InChI is InChI=1S/C21H19F2N5O3.C21H17F2N5O2.C20H17ClF2N4O2.C18H19F2N3O2.C17H18F2N2O/c22-13-3-12(4-14(23)5-13)16-1-2-27-28(16)19(30)21-7-20(8-21,9-21)10-31-17-6-15(18(24)29)25-11-26-17;22-14-3-13(4-15(23)5-14)17-1-2-27-28(17)19(29)21-8-20(9-21,10-21)11-30-18-6-16(7-24)25-12-26-18;21-16-6-17(25-11-24-16)29-10-19-7-20(8-19,9-19)18(28)27-15(1-2-26-27)12-3-13(22)5-14(23)4-12;1-22(2)15(24)17-8-18(9-17,10-17)16(25)23-14(3-4-21-23)11-5-12(19)7-13(20)6-11;1-2-16-8-17(9-16,10-16)15(22)21-14(3-4-20-21)11-5-12(18)7-13(19)6-11/h2-6,11,16H,1,7-10H2,(H2,24,29);2-6,12,17H,1,8-11H2;2-6,11,15H,1,7-10H2;4-7,14H,3,8-10H2,1-2H3;4-7,14H,2-3,8-10H2,1H3. The van der Waals surface area contributed by atoms with Crippen molar-refractivity contribution in [2.75, 3.05) is 33.9 Å². The van der Waals surface area contributed by atoms with E-state index in [1.54, 1.807) is 56.1 Å². The molecule has 29 nitrogen and oxygen atoms in total. The predicted molar refractivity (Wildman–Crippen MR) is 469 cm³/mol. The van der Waals surface area contributed by atoms with Crippen molar-refractivity contribution in [2.45, 2.75) is 172 Å². The first-order valence-electron chi connectivity index (χ1n) is 44.9. The molecule has 5 atom stereocenters. The minimum atomic E-state index is -0.680. The molecule has 10 bridgehead atoms. The highest BCUT2D eigenvalue weighted by Crippen LogP contribution is 2.78. The first-order valence-corrected chi connectivity index (χ1v) is 45.2. The maximum atomic E-state index is 13.6. The molecule has 7 amide bonds. The van der Waals surface area contributed by atoms with E-state index in [-0.39, 0.29) is 80.4 Å². The van der Waals surface area contributed by atoms with E-state index in [4.69, 9.17) is 36.8 Å². The van der Waals surface area contributed by atoms with Crippen LogP contribution in [0.4, 0.5) is 43.9 Å². The second kappa shape index (κ2) is 34.6. The van der Waals surface area contributed by atoms with Crippen LogP contribution in [0.25, 0.3) is 0 Å². The van der Waals surface area contributed by atoms with Crippen molar-refractivity contribution >= 4 is 84.0 Å². The third-order valence-electron chi connectivity index (χ3n) is 29.8. The summed E-state index contributed by atoms with van der Waals surface area (Å²) in [5.74, 6) is -6.66. The van der Waals surface area contributed by atoms with Gasteiger partial charge in [-0.1, -0.05) is 24.9 Å². The summed E-state index contributed by atoms with van der Waals surface area (Å²) in [5, 5.41) is 37.1. The van der Waals surface area contributed by atoms with E-state index in [1.807, 2.05) is 6.07 Å².